The summed E-state index contributed by atoms with van der Waals surface area (Å²) >= 11 is 12.2. The summed E-state index contributed by atoms with van der Waals surface area (Å²) in [5.74, 6) is 0. The van der Waals surface area contributed by atoms with E-state index in [9.17, 15) is 4.79 Å². The van der Waals surface area contributed by atoms with E-state index in [-0.39, 0.29) is 5.56 Å². The summed E-state index contributed by atoms with van der Waals surface area (Å²) in [5.41, 5.74) is 4.48. The van der Waals surface area contributed by atoms with Gasteiger partial charge in [-0.25, -0.2) is 4.68 Å². The SMILES string of the molecule is Cc1ccc(C)c(N=Cc2c(C)[nH]n(-c3cc(Cl)ccc3Cl)c2=O)c1. The predicted octanol–water partition coefficient (Wildman–Crippen LogP) is 5.15. The number of halogens is 2. The molecule has 0 aliphatic rings. The molecule has 1 heterocycles. The van der Waals surface area contributed by atoms with Crippen molar-refractivity contribution in [2.24, 2.45) is 4.99 Å². The van der Waals surface area contributed by atoms with Crippen LogP contribution in [0.15, 0.2) is 46.2 Å². The van der Waals surface area contributed by atoms with Crippen molar-refractivity contribution < 1.29 is 0 Å². The monoisotopic (exact) mass is 373 g/mol. The van der Waals surface area contributed by atoms with Gasteiger partial charge >= 0.3 is 0 Å². The van der Waals surface area contributed by atoms with Crippen molar-refractivity contribution in [1.29, 1.82) is 0 Å². The molecule has 3 rings (SSSR count). The highest BCUT2D eigenvalue weighted by Crippen LogP contribution is 2.23. The largest absolute Gasteiger partial charge is 0.295 e. The third-order valence-electron chi connectivity index (χ3n) is 3.96. The Bertz CT molecular complexity index is 1030. The molecule has 1 aromatic heterocycles. The Balaban J connectivity index is 2.06. The Morgan fingerprint density at radius 2 is 1.84 bits per heavy atom. The van der Waals surface area contributed by atoms with Crippen LogP contribution < -0.4 is 5.56 Å². The van der Waals surface area contributed by atoms with Gasteiger partial charge in [-0.1, -0.05) is 35.3 Å². The van der Waals surface area contributed by atoms with E-state index in [4.69, 9.17) is 23.2 Å². The fourth-order valence-electron chi connectivity index (χ4n) is 2.53. The van der Waals surface area contributed by atoms with Gasteiger partial charge in [0.05, 0.1) is 22.0 Å². The van der Waals surface area contributed by atoms with Crippen LogP contribution in [0.5, 0.6) is 0 Å². The fourth-order valence-corrected chi connectivity index (χ4v) is 2.90. The van der Waals surface area contributed by atoms with Crippen molar-refractivity contribution in [2.75, 3.05) is 0 Å². The van der Waals surface area contributed by atoms with Gasteiger partial charge in [-0.3, -0.25) is 14.9 Å². The second-order valence-electron chi connectivity index (χ2n) is 5.93. The smallest absolute Gasteiger partial charge is 0.280 e. The van der Waals surface area contributed by atoms with E-state index in [0.717, 1.165) is 16.8 Å². The predicted molar refractivity (Wildman–Crippen MR) is 104 cm³/mol. The maximum atomic E-state index is 12.8. The molecule has 0 unspecified atom stereocenters. The van der Waals surface area contributed by atoms with E-state index in [2.05, 4.69) is 10.1 Å². The molecule has 0 aliphatic heterocycles. The summed E-state index contributed by atoms with van der Waals surface area (Å²) in [5, 5.41) is 3.97. The number of aromatic amines is 1. The van der Waals surface area contributed by atoms with Crippen molar-refractivity contribution in [3.8, 4) is 5.69 Å². The Labute approximate surface area is 155 Å². The minimum absolute atomic E-state index is 0.226. The molecule has 25 heavy (non-hydrogen) atoms. The van der Waals surface area contributed by atoms with Gasteiger partial charge in [0.1, 0.15) is 0 Å². The number of H-pyrrole nitrogens is 1. The molecule has 1 N–H and O–H groups in total. The number of nitrogens with one attached hydrogen (secondary N) is 1. The Hall–Kier alpha value is -2.30. The Morgan fingerprint density at radius 1 is 1.08 bits per heavy atom. The van der Waals surface area contributed by atoms with Gasteiger partial charge < -0.3 is 0 Å². The van der Waals surface area contributed by atoms with Crippen molar-refractivity contribution in [1.82, 2.24) is 9.78 Å². The van der Waals surface area contributed by atoms with E-state index >= 15 is 0 Å². The first-order valence-electron chi connectivity index (χ1n) is 7.75. The molecule has 2 aromatic carbocycles. The molecule has 128 valence electrons. The number of hydrogen-bond donors (Lipinski definition) is 1. The summed E-state index contributed by atoms with van der Waals surface area (Å²) < 4.78 is 1.38. The summed E-state index contributed by atoms with van der Waals surface area (Å²) in [6, 6.07) is 11.0. The Kier molecular flexibility index (Phi) is 4.84. The van der Waals surface area contributed by atoms with Crippen LogP contribution in [0.1, 0.15) is 22.4 Å². The quantitative estimate of drug-likeness (QED) is 0.634. The van der Waals surface area contributed by atoms with E-state index in [0.29, 0.717) is 27.0 Å². The van der Waals surface area contributed by atoms with Crippen LogP contribution in [0.3, 0.4) is 0 Å². The molecule has 4 nitrogen and oxygen atoms in total. The number of aryl methyl sites for hydroxylation is 3. The highest BCUT2D eigenvalue weighted by Gasteiger charge is 2.13. The van der Waals surface area contributed by atoms with Crippen molar-refractivity contribution in [3.05, 3.63) is 79.2 Å². The molecule has 0 atom stereocenters. The van der Waals surface area contributed by atoms with Gasteiger partial charge in [0.2, 0.25) is 0 Å². The van der Waals surface area contributed by atoms with Crippen molar-refractivity contribution in [3.63, 3.8) is 0 Å². The highest BCUT2D eigenvalue weighted by molar-refractivity contribution is 6.34. The summed E-state index contributed by atoms with van der Waals surface area (Å²) in [7, 11) is 0. The van der Waals surface area contributed by atoms with Crippen LogP contribution >= 0.6 is 23.2 Å². The molecule has 0 aliphatic carbocycles. The average Bonchev–Trinajstić information content (AvgIpc) is 2.85. The molecule has 0 fully saturated rings. The molecule has 0 saturated heterocycles. The maximum Gasteiger partial charge on any atom is 0.280 e. The van der Waals surface area contributed by atoms with Crippen LogP contribution in [0.2, 0.25) is 10.0 Å². The van der Waals surface area contributed by atoms with E-state index in [1.807, 2.05) is 39.0 Å². The first-order chi connectivity index (χ1) is 11.9. The Morgan fingerprint density at radius 3 is 2.60 bits per heavy atom. The van der Waals surface area contributed by atoms with Crippen molar-refractivity contribution >= 4 is 35.1 Å². The zero-order valence-corrected chi connectivity index (χ0v) is 15.6. The fraction of sp³-hybridized carbons (Fsp3) is 0.158. The first kappa shape index (κ1) is 17.5. The van der Waals surface area contributed by atoms with Gasteiger partial charge in [0.25, 0.3) is 5.56 Å². The van der Waals surface area contributed by atoms with Crippen LogP contribution in [0.25, 0.3) is 5.69 Å². The number of hydrogen-bond acceptors (Lipinski definition) is 2. The number of aliphatic imine (C=N–C) groups is 1. The molecule has 0 radical (unpaired) electrons. The second kappa shape index (κ2) is 6.90. The average molecular weight is 374 g/mol. The van der Waals surface area contributed by atoms with Gasteiger partial charge in [-0.15, -0.1) is 0 Å². The summed E-state index contributed by atoms with van der Waals surface area (Å²) in [6.45, 7) is 5.81. The summed E-state index contributed by atoms with van der Waals surface area (Å²) in [6.07, 6.45) is 1.59. The van der Waals surface area contributed by atoms with Gasteiger partial charge in [-0.2, -0.15) is 0 Å². The van der Waals surface area contributed by atoms with E-state index < -0.39 is 0 Å². The molecule has 0 spiro atoms. The van der Waals surface area contributed by atoms with Crippen LogP contribution in [-0.2, 0) is 0 Å². The highest BCUT2D eigenvalue weighted by atomic mass is 35.5. The molecular weight excluding hydrogens is 357 g/mol. The normalized spacial score (nSPS) is 11.4. The topological polar surface area (TPSA) is 50.1 Å². The molecule has 3 aromatic rings. The number of nitrogens with zero attached hydrogens (tertiary/aromatic N) is 2. The van der Waals surface area contributed by atoms with Gasteiger partial charge in [0, 0.05) is 16.9 Å². The molecule has 6 heteroatoms. The van der Waals surface area contributed by atoms with E-state index in [1.54, 1.807) is 24.4 Å². The number of benzene rings is 2. The first-order valence-corrected chi connectivity index (χ1v) is 8.51. The minimum atomic E-state index is -0.226. The molecular formula is C19H17Cl2N3O. The minimum Gasteiger partial charge on any atom is -0.295 e. The zero-order chi connectivity index (χ0) is 18.1. The van der Waals surface area contributed by atoms with Crippen LogP contribution in [0, 0.1) is 20.8 Å². The maximum absolute atomic E-state index is 12.8. The van der Waals surface area contributed by atoms with E-state index in [1.165, 1.54) is 4.68 Å². The second-order valence-corrected chi connectivity index (χ2v) is 6.78. The van der Waals surface area contributed by atoms with Crippen molar-refractivity contribution in [2.45, 2.75) is 20.8 Å². The molecule has 0 bridgehead atoms. The zero-order valence-electron chi connectivity index (χ0n) is 14.1. The lowest BCUT2D eigenvalue weighted by Crippen LogP contribution is -2.17. The van der Waals surface area contributed by atoms with Gasteiger partial charge in [0.15, 0.2) is 0 Å². The van der Waals surface area contributed by atoms with Crippen LogP contribution in [-0.4, -0.2) is 16.0 Å². The lowest BCUT2D eigenvalue weighted by molar-refractivity contribution is 0.835. The number of rotatable bonds is 3. The third-order valence-corrected chi connectivity index (χ3v) is 4.52. The standard InChI is InChI=1S/C19H17Cl2N3O/c1-11-4-5-12(2)17(8-11)22-10-15-13(3)23-24(19(15)25)18-9-14(20)6-7-16(18)21/h4-10,23H,1-3H3. The number of aromatic nitrogens is 2. The molecule has 0 amide bonds. The lowest BCUT2D eigenvalue weighted by atomic mass is 10.1. The third kappa shape index (κ3) is 3.55. The van der Waals surface area contributed by atoms with Gasteiger partial charge in [-0.05, 0) is 56.2 Å². The summed E-state index contributed by atoms with van der Waals surface area (Å²) in [4.78, 5) is 17.3. The molecule has 0 saturated carbocycles. The van der Waals surface area contributed by atoms with Crippen LogP contribution in [0.4, 0.5) is 5.69 Å². The lowest BCUT2D eigenvalue weighted by Gasteiger charge is -2.04.